The third kappa shape index (κ3) is 2.33. The highest BCUT2D eigenvalue weighted by molar-refractivity contribution is 6.01. The number of hydrogen-bond acceptors (Lipinski definition) is 4. The summed E-state index contributed by atoms with van der Waals surface area (Å²) in [7, 11) is 1.31. The highest BCUT2D eigenvalue weighted by atomic mass is 16.5. The predicted octanol–water partition coefficient (Wildman–Crippen LogP) is 2.15. The number of methoxy groups -OCH3 is 1. The Bertz CT molecular complexity index is 680. The monoisotopic (exact) mass is 256 g/mol. The number of nitriles is 1. The summed E-state index contributed by atoms with van der Waals surface area (Å²) in [5.74, 6) is -0.441. The van der Waals surface area contributed by atoms with Crippen LogP contribution in [0.1, 0.15) is 27.1 Å². The van der Waals surface area contributed by atoms with E-state index in [0.717, 1.165) is 11.8 Å². The summed E-state index contributed by atoms with van der Waals surface area (Å²) in [5, 5.41) is 9.31. The quantitative estimate of drug-likeness (QED) is 0.620. The first kappa shape index (κ1) is 12.8. The average molecular weight is 256 g/mol. The second-order valence-corrected chi connectivity index (χ2v) is 4.03. The van der Waals surface area contributed by atoms with Gasteiger partial charge in [-0.15, -0.1) is 0 Å². The first-order valence-electron chi connectivity index (χ1n) is 5.74. The zero-order valence-electron chi connectivity index (χ0n) is 10.4. The summed E-state index contributed by atoms with van der Waals surface area (Å²) in [6, 6.07) is 7.10. The standard InChI is InChI=1S/C14H12N2O3/c1-19-14(18)10-3-4-13-12(7-10)11(9-17)8-16(13)6-2-5-15/h3-4,7-9H,2,6H2,1H3. The van der Waals surface area contributed by atoms with E-state index in [1.165, 1.54) is 7.11 Å². The van der Waals surface area contributed by atoms with Crippen molar-refractivity contribution >= 4 is 23.2 Å². The van der Waals surface area contributed by atoms with Crippen molar-refractivity contribution in [3.8, 4) is 6.07 Å². The van der Waals surface area contributed by atoms with E-state index >= 15 is 0 Å². The van der Waals surface area contributed by atoms with Gasteiger partial charge in [0, 0.05) is 29.2 Å². The molecule has 0 aliphatic rings. The summed E-state index contributed by atoms with van der Waals surface area (Å²) in [5.41, 5.74) is 1.72. The van der Waals surface area contributed by atoms with Crippen LogP contribution in [-0.2, 0) is 11.3 Å². The Morgan fingerprint density at radius 3 is 2.95 bits per heavy atom. The number of benzene rings is 1. The topological polar surface area (TPSA) is 72.1 Å². The molecule has 1 heterocycles. The molecule has 0 bridgehead atoms. The van der Waals surface area contributed by atoms with Gasteiger partial charge in [-0.25, -0.2) is 4.79 Å². The maximum Gasteiger partial charge on any atom is 0.337 e. The van der Waals surface area contributed by atoms with Crippen molar-refractivity contribution in [2.45, 2.75) is 13.0 Å². The number of esters is 1. The Morgan fingerprint density at radius 1 is 1.53 bits per heavy atom. The van der Waals surface area contributed by atoms with Gasteiger partial charge >= 0.3 is 5.97 Å². The molecule has 2 rings (SSSR count). The molecule has 0 aliphatic carbocycles. The van der Waals surface area contributed by atoms with Crippen LogP contribution < -0.4 is 0 Å². The van der Waals surface area contributed by atoms with E-state index in [2.05, 4.69) is 10.8 Å². The van der Waals surface area contributed by atoms with E-state index in [1.807, 2.05) is 4.57 Å². The number of rotatable bonds is 4. The Labute approximate surface area is 110 Å². The summed E-state index contributed by atoms with van der Waals surface area (Å²) in [6.45, 7) is 0.512. The van der Waals surface area contributed by atoms with Crippen molar-refractivity contribution < 1.29 is 14.3 Å². The minimum atomic E-state index is -0.441. The third-order valence-corrected chi connectivity index (χ3v) is 2.92. The minimum Gasteiger partial charge on any atom is -0.465 e. The molecule has 5 heteroatoms. The van der Waals surface area contributed by atoms with Gasteiger partial charge in [-0.05, 0) is 18.2 Å². The Kier molecular flexibility index (Phi) is 3.62. The fourth-order valence-electron chi connectivity index (χ4n) is 2.02. The van der Waals surface area contributed by atoms with Crippen molar-refractivity contribution in [3.05, 3.63) is 35.5 Å². The van der Waals surface area contributed by atoms with Crippen molar-refractivity contribution in [2.75, 3.05) is 7.11 Å². The molecular weight excluding hydrogens is 244 g/mol. The number of aryl methyl sites for hydroxylation is 1. The molecule has 1 aromatic carbocycles. The normalized spacial score (nSPS) is 10.1. The van der Waals surface area contributed by atoms with Gasteiger partial charge in [0.25, 0.3) is 0 Å². The maximum atomic E-state index is 11.5. The highest BCUT2D eigenvalue weighted by Gasteiger charge is 2.12. The number of ether oxygens (including phenoxy) is 1. The molecule has 0 saturated carbocycles. The van der Waals surface area contributed by atoms with Gasteiger partial charge in [0.05, 0.1) is 25.2 Å². The van der Waals surface area contributed by atoms with Crippen molar-refractivity contribution in [1.29, 1.82) is 5.26 Å². The average Bonchev–Trinajstić information content (AvgIpc) is 2.81. The van der Waals surface area contributed by atoms with Gasteiger partial charge in [0.1, 0.15) is 0 Å². The zero-order valence-corrected chi connectivity index (χ0v) is 10.4. The Balaban J connectivity index is 2.56. The van der Waals surface area contributed by atoms with E-state index in [9.17, 15) is 9.59 Å². The van der Waals surface area contributed by atoms with Crippen LogP contribution in [0.25, 0.3) is 10.9 Å². The molecule has 0 radical (unpaired) electrons. The van der Waals surface area contributed by atoms with Gasteiger partial charge in [0.15, 0.2) is 6.29 Å². The molecule has 2 aromatic rings. The molecule has 0 aliphatic heterocycles. The molecular formula is C14H12N2O3. The molecule has 96 valence electrons. The number of fused-ring (bicyclic) bond motifs is 1. The molecule has 0 unspecified atom stereocenters. The molecule has 5 nitrogen and oxygen atoms in total. The number of carbonyl (C=O) groups is 2. The predicted molar refractivity (Wildman–Crippen MR) is 68.9 cm³/mol. The fourth-order valence-corrected chi connectivity index (χ4v) is 2.02. The smallest absolute Gasteiger partial charge is 0.337 e. The third-order valence-electron chi connectivity index (χ3n) is 2.92. The number of aldehydes is 1. The van der Waals surface area contributed by atoms with Crippen LogP contribution in [-0.4, -0.2) is 23.9 Å². The molecule has 0 atom stereocenters. The van der Waals surface area contributed by atoms with Crippen LogP contribution in [0.2, 0.25) is 0 Å². The van der Waals surface area contributed by atoms with Gasteiger partial charge in [-0.3, -0.25) is 4.79 Å². The van der Waals surface area contributed by atoms with Gasteiger partial charge in [-0.1, -0.05) is 0 Å². The summed E-state index contributed by atoms with van der Waals surface area (Å²) in [4.78, 5) is 22.5. The summed E-state index contributed by atoms with van der Waals surface area (Å²) in [6.07, 6.45) is 2.79. The number of carbonyl (C=O) groups excluding carboxylic acids is 2. The van der Waals surface area contributed by atoms with Crippen LogP contribution >= 0.6 is 0 Å². The fraction of sp³-hybridized carbons (Fsp3) is 0.214. The van der Waals surface area contributed by atoms with Crippen LogP contribution in [0.3, 0.4) is 0 Å². The second-order valence-electron chi connectivity index (χ2n) is 4.03. The van der Waals surface area contributed by atoms with Gasteiger partial charge in [-0.2, -0.15) is 5.26 Å². The number of aromatic nitrogens is 1. The van der Waals surface area contributed by atoms with Crippen LogP contribution in [0.4, 0.5) is 0 Å². The Hall–Kier alpha value is -2.61. The van der Waals surface area contributed by atoms with E-state index in [1.54, 1.807) is 24.4 Å². The van der Waals surface area contributed by atoms with Crippen LogP contribution in [0.5, 0.6) is 0 Å². The maximum absolute atomic E-state index is 11.5. The zero-order chi connectivity index (χ0) is 13.8. The largest absolute Gasteiger partial charge is 0.465 e. The molecule has 0 fully saturated rings. The summed E-state index contributed by atoms with van der Waals surface area (Å²) < 4.78 is 6.49. The molecule has 1 aromatic heterocycles. The lowest BCUT2D eigenvalue weighted by atomic mass is 10.1. The Morgan fingerprint density at radius 2 is 2.32 bits per heavy atom. The molecule has 0 N–H and O–H groups in total. The van der Waals surface area contributed by atoms with Gasteiger partial charge in [0.2, 0.25) is 0 Å². The lowest BCUT2D eigenvalue weighted by Gasteiger charge is -2.03. The SMILES string of the molecule is COC(=O)c1ccc2c(c1)c(C=O)cn2CCC#N. The lowest BCUT2D eigenvalue weighted by Crippen LogP contribution is -2.01. The van der Waals surface area contributed by atoms with Crippen LogP contribution in [0, 0.1) is 11.3 Å². The van der Waals surface area contributed by atoms with E-state index in [-0.39, 0.29) is 0 Å². The van der Waals surface area contributed by atoms with E-state index in [0.29, 0.717) is 29.5 Å². The molecule has 19 heavy (non-hydrogen) atoms. The molecule has 0 spiro atoms. The van der Waals surface area contributed by atoms with Crippen molar-refractivity contribution in [3.63, 3.8) is 0 Å². The van der Waals surface area contributed by atoms with Crippen molar-refractivity contribution in [2.24, 2.45) is 0 Å². The number of hydrogen-bond donors (Lipinski definition) is 0. The minimum absolute atomic E-state index is 0.362. The molecule has 0 amide bonds. The van der Waals surface area contributed by atoms with Crippen LogP contribution in [0.15, 0.2) is 24.4 Å². The second kappa shape index (κ2) is 5.36. The molecule has 0 saturated heterocycles. The van der Waals surface area contributed by atoms with E-state index in [4.69, 9.17) is 5.26 Å². The summed E-state index contributed by atoms with van der Waals surface area (Å²) >= 11 is 0. The lowest BCUT2D eigenvalue weighted by molar-refractivity contribution is 0.0601. The number of nitrogens with zero attached hydrogens (tertiary/aromatic N) is 2. The van der Waals surface area contributed by atoms with E-state index < -0.39 is 5.97 Å². The first-order chi connectivity index (χ1) is 9.21. The van der Waals surface area contributed by atoms with Gasteiger partial charge < -0.3 is 9.30 Å². The highest BCUT2D eigenvalue weighted by Crippen LogP contribution is 2.22. The van der Waals surface area contributed by atoms with Crippen molar-refractivity contribution in [1.82, 2.24) is 4.57 Å². The first-order valence-corrected chi connectivity index (χ1v) is 5.74.